The Labute approximate surface area is 158 Å². The van der Waals surface area contributed by atoms with Crippen LogP contribution >= 0.6 is 7.82 Å². The molecule has 0 saturated carbocycles. The minimum Gasteiger partial charge on any atom is -0.756 e. The van der Waals surface area contributed by atoms with Crippen LogP contribution in [0.25, 0.3) is 0 Å². The summed E-state index contributed by atoms with van der Waals surface area (Å²) in [6, 6.07) is 0. The molecular weight excluding hydrogens is 357 g/mol. The number of nitrogens with zero attached hydrogens (tertiary/aromatic N) is 1. The number of quaternary nitrogens is 1. The van der Waals surface area contributed by atoms with Gasteiger partial charge in [-0.15, -0.1) is 0 Å². The predicted octanol–water partition coefficient (Wildman–Crippen LogP) is 3.04. The van der Waals surface area contributed by atoms with Gasteiger partial charge in [0, 0.05) is 12.0 Å². The average Bonchev–Trinajstić information content (AvgIpc) is 2.52. The van der Waals surface area contributed by atoms with Crippen LogP contribution in [-0.2, 0) is 23.1 Å². The Morgan fingerprint density at radius 3 is 1.88 bits per heavy atom. The van der Waals surface area contributed by atoms with Gasteiger partial charge >= 0.3 is 5.97 Å². The summed E-state index contributed by atoms with van der Waals surface area (Å²) in [5.41, 5.74) is 0.415. The third-order valence-electron chi connectivity index (χ3n) is 3.59. The fraction of sp³-hybridized carbons (Fsp3) is 0.833. The fourth-order valence-corrected chi connectivity index (χ4v) is 2.91. The van der Waals surface area contributed by atoms with Gasteiger partial charge in [-0.1, -0.05) is 32.3 Å². The zero-order valence-electron chi connectivity index (χ0n) is 16.8. The van der Waals surface area contributed by atoms with E-state index in [1.165, 1.54) is 0 Å². The zero-order valence-corrected chi connectivity index (χ0v) is 17.7. The van der Waals surface area contributed by atoms with Crippen LogP contribution < -0.4 is 4.89 Å². The molecule has 0 rings (SSSR count). The Morgan fingerprint density at radius 2 is 1.38 bits per heavy atom. The molecule has 0 aliphatic heterocycles. The van der Waals surface area contributed by atoms with Crippen molar-refractivity contribution in [2.75, 3.05) is 47.5 Å². The van der Waals surface area contributed by atoms with E-state index >= 15 is 0 Å². The maximum atomic E-state index is 11.6. The van der Waals surface area contributed by atoms with Gasteiger partial charge < -0.3 is 23.2 Å². The van der Waals surface area contributed by atoms with Crippen molar-refractivity contribution >= 4 is 13.8 Å². The van der Waals surface area contributed by atoms with Gasteiger partial charge in [0.05, 0.1) is 47.5 Å². The van der Waals surface area contributed by atoms with Crippen molar-refractivity contribution in [2.45, 2.75) is 51.9 Å². The highest BCUT2D eigenvalue weighted by atomic mass is 31.2. The molecular formula is C18H36NO6P. The number of rotatable bonds is 16. The second kappa shape index (κ2) is 13.4. The first kappa shape index (κ1) is 25.3. The quantitative estimate of drug-likeness (QED) is 0.132. The Balaban J connectivity index is 3.49. The van der Waals surface area contributed by atoms with E-state index in [2.05, 4.69) is 6.58 Å². The van der Waals surface area contributed by atoms with Gasteiger partial charge in [-0.05, 0) is 19.8 Å². The lowest BCUT2D eigenvalue weighted by Crippen LogP contribution is -2.35. The SMILES string of the molecule is C=C(C)C(=O)OCCCCCCCCOP(=O)([O-])OCCC[N+](C)(C)C. The van der Waals surface area contributed by atoms with Crippen molar-refractivity contribution in [3.8, 4) is 0 Å². The van der Waals surface area contributed by atoms with Crippen molar-refractivity contribution in [3.63, 3.8) is 0 Å². The fourth-order valence-electron chi connectivity index (χ4n) is 2.13. The molecule has 0 radical (unpaired) electrons. The highest BCUT2D eigenvalue weighted by Crippen LogP contribution is 2.38. The van der Waals surface area contributed by atoms with Crippen molar-refractivity contribution < 1.29 is 32.5 Å². The van der Waals surface area contributed by atoms with Gasteiger partial charge in [-0.2, -0.15) is 0 Å². The number of carbonyl (C=O) groups excluding carboxylic acids is 1. The van der Waals surface area contributed by atoms with Gasteiger partial charge in [0.15, 0.2) is 0 Å². The van der Waals surface area contributed by atoms with Gasteiger partial charge in [0.1, 0.15) is 0 Å². The summed E-state index contributed by atoms with van der Waals surface area (Å²) in [4.78, 5) is 22.8. The molecule has 0 heterocycles. The van der Waals surface area contributed by atoms with Crippen molar-refractivity contribution in [1.82, 2.24) is 0 Å². The summed E-state index contributed by atoms with van der Waals surface area (Å²) in [5.74, 6) is -0.344. The lowest BCUT2D eigenvalue weighted by atomic mass is 10.1. The second-order valence-electron chi connectivity index (χ2n) is 7.52. The minimum absolute atomic E-state index is 0.159. The molecule has 0 spiro atoms. The number of esters is 1. The second-order valence-corrected chi connectivity index (χ2v) is 8.93. The number of hydrogen-bond donors (Lipinski definition) is 0. The van der Waals surface area contributed by atoms with E-state index in [0.29, 0.717) is 25.0 Å². The van der Waals surface area contributed by atoms with Crippen LogP contribution in [0.2, 0.25) is 0 Å². The maximum Gasteiger partial charge on any atom is 0.333 e. The Bertz CT molecular complexity index is 461. The van der Waals surface area contributed by atoms with Gasteiger partial charge in [-0.3, -0.25) is 4.57 Å². The molecule has 154 valence electrons. The average molecular weight is 393 g/mol. The smallest absolute Gasteiger partial charge is 0.333 e. The summed E-state index contributed by atoms with van der Waals surface area (Å²) in [6.45, 7) is 6.72. The molecule has 1 unspecified atom stereocenters. The van der Waals surface area contributed by atoms with Gasteiger partial charge in [-0.25, -0.2) is 4.79 Å². The molecule has 0 aromatic rings. The van der Waals surface area contributed by atoms with Crippen LogP contribution in [0.5, 0.6) is 0 Å². The summed E-state index contributed by atoms with van der Waals surface area (Å²) in [6.07, 6.45) is 6.05. The van der Waals surface area contributed by atoms with E-state index in [-0.39, 0.29) is 19.2 Å². The van der Waals surface area contributed by atoms with Gasteiger partial charge in [0.2, 0.25) is 0 Å². The first-order valence-corrected chi connectivity index (χ1v) is 10.7. The summed E-state index contributed by atoms with van der Waals surface area (Å²) in [7, 11) is 1.96. The third kappa shape index (κ3) is 16.7. The van der Waals surface area contributed by atoms with E-state index in [4.69, 9.17) is 13.8 Å². The normalized spacial score (nSPS) is 14.0. The standard InChI is InChI=1S/C18H36NO6P/c1-17(2)18(20)23-14-10-8-6-7-9-11-15-24-26(21,22)25-16-12-13-19(3,4)5/h1,6-16H2,2-5H3. The van der Waals surface area contributed by atoms with Crippen LogP contribution in [0.3, 0.4) is 0 Å². The Morgan fingerprint density at radius 1 is 0.923 bits per heavy atom. The number of ether oxygens (including phenoxy) is 1. The molecule has 1 atom stereocenters. The summed E-state index contributed by atoms with van der Waals surface area (Å²) >= 11 is 0. The number of hydrogen-bond acceptors (Lipinski definition) is 6. The zero-order chi connectivity index (χ0) is 20.1. The minimum atomic E-state index is -4.18. The number of unbranched alkanes of at least 4 members (excludes halogenated alkanes) is 5. The Hall–Kier alpha value is -0.720. The molecule has 26 heavy (non-hydrogen) atoms. The van der Waals surface area contributed by atoms with Crippen LogP contribution in [0.15, 0.2) is 12.2 Å². The van der Waals surface area contributed by atoms with Crippen molar-refractivity contribution in [3.05, 3.63) is 12.2 Å². The van der Waals surface area contributed by atoms with Crippen molar-refractivity contribution in [1.29, 1.82) is 0 Å². The largest absolute Gasteiger partial charge is 0.756 e. The maximum absolute atomic E-state index is 11.6. The molecule has 0 bridgehead atoms. The summed E-state index contributed by atoms with van der Waals surface area (Å²) in [5, 5.41) is 0. The monoisotopic (exact) mass is 393 g/mol. The topological polar surface area (TPSA) is 84.9 Å². The highest BCUT2D eigenvalue weighted by molar-refractivity contribution is 7.45. The lowest BCUT2D eigenvalue weighted by molar-refractivity contribution is -0.870. The highest BCUT2D eigenvalue weighted by Gasteiger charge is 2.11. The van der Waals surface area contributed by atoms with Crippen LogP contribution in [0, 0.1) is 0 Å². The van der Waals surface area contributed by atoms with Gasteiger partial charge in [0.25, 0.3) is 7.82 Å². The predicted molar refractivity (Wildman–Crippen MR) is 101 cm³/mol. The van der Waals surface area contributed by atoms with E-state index < -0.39 is 7.82 Å². The van der Waals surface area contributed by atoms with E-state index in [0.717, 1.165) is 43.1 Å². The molecule has 0 aliphatic carbocycles. The molecule has 0 saturated heterocycles. The molecule has 0 aromatic heterocycles. The van der Waals surface area contributed by atoms with Crippen molar-refractivity contribution in [2.24, 2.45) is 0 Å². The van der Waals surface area contributed by atoms with Crippen LogP contribution in [0.1, 0.15) is 51.9 Å². The first-order valence-electron chi connectivity index (χ1n) is 9.27. The van der Waals surface area contributed by atoms with Crippen LogP contribution in [0.4, 0.5) is 0 Å². The molecule has 0 N–H and O–H groups in total. The van der Waals surface area contributed by atoms with E-state index in [1.807, 2.05) is 21.1 Å². The lowest BCUT2D eigenvalue weighted by Gasteiger charge is -2.26. The molecule has 0 amide bonds. The number of carbonyl (C=O) groups is 1. The van der Waals surface area contributed by atoms with E-state index in [1.54, 1.807) is 6.92 Å². The Kier molecular flexibility index (Phi) is 13.1. The van der Waals surface area contributed by atoms with Crippen LogP contribution in [-0.4, -0.2) is 58.0 Å². The molecule has 7 nitrogen and oxygen atoms in total. The van der Waals surface area contributed by atoms with E-state index in [9.17, 15) is 14.3 Å². The molecule has 0 aromatic carbocycles. The summed E-state index contributed by atoms with van der Waals surface area (Å²) < 4.78 is 27.1. The molecule has 0 aliphatic rings. The molecule has 0 fully saturated rings. The molecule has 8 heteroatoms. The number of phosphoric acid groups is 1. The third-order valence-corrected chi connectivity index (χ3v) is 4.59. The number of phosphoric ester groups is 1. The first-order chi connectivity index (χ1) is 12.0.